The minimum absolute atomic E-state index is 0.298. The fourth-order valence-electron chi connectivity index (χ4n) is 4.02. The lowest BCUT2D eigenvalue weighted by molar-refractivity contribution is -0.192. The molecule has 2 fully saturated rings. The molecular weight excluding hydrogens is 465 g/mol. The molecule has 1 N–H and O–H groups in total. The van der Waals surface area contributed by atoms with Crippen LogP contribution in [-0.4, -0.2) is 55.2 Å². The van der Waals surface area contributed by atoms with Crippen LogP contribution in [0.2, 0.25) is 0 Å². The second-order valence-electron chi connectivity index (χ2n) is 8.61. The predicted molar refractivity (Wildman–Crippen MR) is 111 cm³/mol. The highest BCUT2D eigenvalue weighted by Crippen LogP contribution is 2.32. The summed E-state index contributed by atoms with van der Waals surface area (Å²) >= 11 is 1.71. The number of aliphatic carboxylic acids is 1. The zero-order chi connectivity index (χ0) is 23.8. The van der Waals surface area contributed by atoms with Crippen LogP contribution in [-0.2, 0) is 35.8 Å². The van der Waals surface area contributed by atoms with Crippen molar-refractivity contribution < 1.29 is 27.8 Å². The van der Waals surface area contributed by atoms with E-state index in [2.05, 4.69) is 26.8 Å². The summed E-state index contributed by atoms with van der Waals surface area (Å²) in [4.78, 5) is 36.3. The molecule has 1 saturated carbocycles. The van der Waals surface area contributed by atoms with Crippen LogP contribution in [0.5, 0.6) is 0 Å². The number of aromatic nitrogens is 3. The Morgan fingerprint density at radius 3 is 2.61 bits per heavy atom. The molecule has 1 atom stereocenters. The molecule has 1 saturated heterocycles. The van der Waals surface area contributed by atoms with Gasteiger partial charge in [-0.15, -0.1) is 0 Å². The first-order chi connectivity index (χ1) is 15.6. The average molecular weight is 488 g/mol. The van der Waals surface area contributed by atoms with Crippen molar-refractivity contribution >= 4 is 17.3 Å². The number of nitrogens with zero attached hydrogens (tertiary/aromatic N) is 4. The SMILES string of the molecule is O=C(O)C(F)(F)F.O=c1c(=O)n2c(nn1CC1CC1)COC1(CCN(Cc3ccsc3)C1)C2. The molecule has 2 aliphatic heterocycles. The molecule has 9 nitrogen and oxygen atoms in total. The second kappa shape index (κ2) is 9.03. The van der Waals surface area contributed by atoms with Gasteiger partial charge in [0.25, 0.3) is 0 Å². The second-order valence-corrected chi connectivity index (χ2v) is 9.39. The van der Waals surface area contributed by atoms with E-state index in [0.29, 0.717) is 31.4 Å². The molecule has 5 rings (SSSR count). The van der Waals surface area contributed by atoms with E-state index < -0.39 is 23.3 Å². The van der Waals surface area contributed by atoms with E-state index in [9.17, 15) is 22.8 Å². The Labute approximate surface area is 190 Å². The first-order valence-electron chi connectivity index (χ1n) is 10.4. The van der Waals surface area contributed by atoms with E-state index in [4.69, 9.17) is 14.6 Å². The van der Waals surface area contributed by atoms with E-state index in [-0.39, 0.29) is 5.60 Å². The molecule has 2 aromatic rings. The highest BCUT2D eigenvalue weighted by Gasteiger charge is 2.43. The number of hydrogen-bond donors (Lipinski definition) is 1. The number of rotatable bonds is 4. The highest BCUT2D eigenvalue weighted by molar-refractivity contribution is 7.07. The molecule has 1 spiro atoms. The number of halogens is 3. The van der Waals surface area contributed by atoms with Crippen LogP contribution in [0.1, 0.15) is 30.7 Å². The minimum atomic E-state index is -5.08. The van der Waals surface area contributed by atoms with Crippen molar-refractivity contribution in [3.63, 3.8) is 0 Å². The molecule has 3 aliphatic rings. The summed E-state index contributed by atoms with van der Waals surface area (Å²) in [5.74, 6) is -1.68. The molecule has 0 bridgehead atoms. The summed E-state index contributed by atoms with van der Waals surface area (Å²) in [5.41, 5.74) is -0.0191. The van der Waals surface area contributed by atoms with Crippen molar-refractivity contribution in [2.24, 2.45) is 5.92 Å². The smallest absolute Gasteiger partial charge is 0.475 e. The van der Waals surface area contributed by atoms with E-state index >= 15 is 0 Å². The number of carboxylic acids is 1. The van der Waals surface area contributed by atoms with Gasteiger partial charge < -0.3 is 9.84 Å². The zero-order valence-corrected chi connectivity index (χ0v) is 18.4. The maximum atomic E-state index is 12.6. The van der Waals surface area contributed by atoms with Gasteiger partial charge in [-0.2, -0.15) is 29.6 Å². The van der Waals surface area contributed by atoms with Crippen molar-refractivity contribution in [1.82, 2.24) is 19.2 Å². The van der Waals surface area contributed by atoms with Gasteiger partial charge in [0, 0.05) is 26.2 Å². The zero-order valence-electron chi connectivity index (χ0n) is 17.6. The number of likely N-dealkylation sites (tertiary alicyclic amines) is 1. The fourth-order valence-corrected chi connectivity index (χ4v) is 4.68. The Morgan fingerprint density at radius 1 is 1.27 bits per heavy atom. The van der Waals surface area contributed by atoms with Crippen molar-refractivity contribution in [3.8, 4) is 0 Å². The molecule has 180 valence electrons. The summed E-state index contributed by atoms with van der Waals surface area (Å²) in [5, 5.41) is 15.8. The molecule has 4 heterocycles. The number of carboxylic acid groups (broad SMARTS) is 1. The van der Waals surface area contributed by atoms with E-state index in [1.807, 2.05) is 0 Å². The van der Waals surface area contributed by atoms with Crippen molar-refractivity contribution in [3.05, 3.63) is 48.9 Å². The molecule has 0 aromatic carbocycles. The van der Waals surface area contributed by atoms with Crippen molar-refractivity contribution in [2.45, 2.75) is 57.3 Å². The van der Waals surface area contributed by atoms with Crippen LogP contribution < -0.4 is 11.1 Å². The largest absolute Gasteiger partial charge is 0.490 e. The van der Waals surface area contributed by atoms with Crippen molar-refractivity contribution in [2.75, 3.05) is 13.1 Å². The Kier molecular flexibility index (Phi) is 6.47. The monoisotopic (exact) mass is 488 g/mol. The molecule has 13 heteroatoms. The Hall–Kier alpha value is -2.51. The number of ether oxygens (including phenoxy) is 1. The van der Waals surface area contributed by atoms with Gasteiger partial charge in [0.2, 0.25) is 0 Å². The van der Waals surface area contributed by atoms with Gasteiger partial charge >= 0.3 is 23.3 Å². The summed E-state index contributed by atoms with van der Waals surface area (Å²) in [6, 6.07) is 2.14. The van der Waals surface area contributed by atoms with Gasteiger partial charge in [-0.1, -0.05) is 0 Å². The molecular formula is C20H23F3N4O5S. The third kappa shape index (κ3) is 5.53. The summed E-state index contributed by atoms with van der Waals surface area (Å²) < 4.78 is 40.8. The topological polar surface area (TPSA) is 107 Å². The standard InChI is InChI=1S/C18H22N4O3S.C2HF3O2/c23-16-17(24)22(8-13-1-2-13)19-15-9-25-18(12-21(15)16)4-5-20(11-18)7-14-3-6-26-10-14;3-2(4,5)1(6)7/h3,6,10,13H,1-2,4-5,7-9,11-12H2;(H,6,7). The molecule has 2 aromatic heterocycles. The van der Waals surface area contributed by atoms with Crippen LogP contribution in [0.3, 0.4) is 0 Å². The third-order valence-electron chi connectivity index (χ3n) is 5.92. The Morgan fingerprint density at radius 2 is 2.00 bits per heavy atom. The summed E-state index contributed by atoms with van der Waals surface area (Å²) in [6.07, 6.45) is -1.98. The highest BCUT2D eigenvalue weighted by atomic mass is 32.1. The maximum Gasteiger partial charge on any atom is 0.490 e. The Balaban J connectivity index is 0.000000325. The Bertz CT molecular complexity index is 1130. The predicted octanol–water partition coefficient (Wildman–Crippen LogP) is 1.68. The molecule has 0 amide bonds. The van der Waals surface area contributed by atoms with E-state index in [1.54, 1.807) is 15.9 Å². The van der Waals surface area contributed by atoms with Gasteiger partial charge in [0.1, 0.15) is 12.2 Å². The van der Waals surface area contributed by atoms with Gasteiger partial charge in [-0.05, 0) is 47.6 Å². The van der Waals surface area contributed by atoms with Gasteiger partial charge in [0.05, 0.1) is 6.54 Å². The van der Waals surface area contributed by atoms with Gasteiger partial charge in [-0.25, -0.2) is 9.48 Å². The first kappa shape index (κ1) is 23.6. The summed E-state index contributed by atoms with van der Waals surface area (Å²) in [6.45, 7) is 3.89. The number of alkyl halides is 3. The number of fused-ring (bicyclic) bond motifs is 1. The lowest BCUT2D eigenvalue weighted by Gasteiger charge is -2.35. The van der Waals surface area contributed by atoms with Gasteiger partial charge in [0.15, 0.2) is 5.82 Å². The quantitative estimate of drug-likeness (QED) is 0.653. The fraction of sp³-hybridized carbons (Fsp3) is 0.600. The van der Waals surface area contributed by atoms with Crippen LogP contribution in [0, 0.1) is 5.92 Å². The minimum Gasteiger partial charge on any atom is -0.475 e. The number of carbonyl (C=O) groups is 1. The first-order valence-corrected chi connectivity index (χ1v) is 11.4. The summed E-state index contributed by atoms with van der Waals surface area (Å²) in [7, 11) is 0. The van der Waals surface area contributed by atoms with Crippen LogP contribution in [0.25, 0.3) is 0 Å². The lowest BCUT2D eigenvalue weighted by Crippen LogP contribution is -2.53. The third-order valence-corrected chi connectivity index (χ3v) is 6.65. The maximum absolute atomic E-state index is 12.6. The molecule has 1 unspecified atom stereocenters. The number of hydrogen-bond acceptors (Lipinski definition) is 7. The molecule has 33 heavy (non-hydrogen) atoms. The van der Waals surface area contributed by atoms with Gasteiger partial charge in [-0.3, -0.25) is 19.1 Å². The molecule has 0 radical (unpaired) electrons. The normalized spacial score (nSPS) is 22.6. The average Bonchev–Trinajstić information content (AvgIpc) is 3.26. The van der Waals surface area contributed by atoms with E-state index in [0.717, 1.165) is 38.9 Å². The molecule has 1 aliphatic carbocycles. The van der Waals surface area contributed by atoms with Crippen molar-refractivity contribution in [1.29, 1.82) is 0 Å². The number of thiophene rings is 1. The van der Waals surface area contributed by atoms with Crippen LogP contribution in [0.4, 0.5) is 13.2 Å². The van der Waals surface area contributed by atoms with Crippen LogP contribution in [0.15, 0.2) is 26.4 Å². The van der Waals surface area contributed by atoms with Crippen LogP contribution >= 0.6 is 11.3 Å². The van der Waals surface area contributed by atoms with E-state index in [1.165, 1.54) is 10.2 Å². The lowest BCUT2D eigenvalue weighted by atomic mass is 10.0.